The van der Waals surface area contributed by atoms with E-state index < -0.39 is 38.7 Å². The third-order valence-corrected chi connectivity index (χ3v) is 5.26. The van der Waals surface area contributed by atoms with Gasteiger partial charge in [0.15, 0.2) is 6.79 Å². The highest BCUT2D eigenvalue weighted by molar-refractivity contribution is 7.46. The van der Waals surface area contributed by atoms with Crippen LogP contribution < -0.4 is 5.32 Å². The van der Waals surface area contributed by atoms with E-state index in [1.807, 2.05) is 39.8 Å². The summed E-state index contributed by atoms with van der Waals surface area (Å²) in [6, 6.07) is -1.48. The number of nitrogens with one attached hydrogen (secondary N) is 1. The molecule has 0 fully saturated rings. The quantitative estimate of drug-likeness (QED) is 0.216. The number of hydrogen-bond donors (Lipinski definition) is 3. The van der Waals surface area contributed by atoms with Crippen LogP contribution in [0.25, 0.3) is 0 Å². The van der Waals surface area contributed by atoms with E-state index in [0.717, 1.165) is 0 Å². The molecule has 0 aromatic carbocycles. The minimum Gasteiger partial charge on any atom is -0.357 e. The van der Waals surface area contributed by atoms with Crippen LogP contribution in [0.3, 0.4) is 0 Å². The fourth-order valence-corrected chi connectivity index (χ4v) is 3.57. The van der Waals surface area contributed by atoms with Crippen LogP contribution in [0.4, 0.5) is 0 Å². The minimum atomic E-state index is -4.75. The van der Waals surface area contributed by atoms with Gasteiger partial charge in [-0.2, -0.15) is 0 Å². The fraction of sp³-hybridized carbons (Fsp3) is 0.789. The van der Waals surface area contributed by atoms with Crippen molar-refractivity contribution in [3.63, 3.8) is 0 Å². The van der Waals surface area contributed by atoms with Crippen LogP contribution >= 0.6 is 7.82 Å². The van der Waals surface area contributed by atoms with E-state index in [-0.39, 0.29) is 17.7 Å². The van der Waals surface area contributed by atoms with Crippen LogP contribution in [0, 0.1) is 11.8 Å². The van der Waals surface area contributed by atoms with Gasteiger partial charge in [0.05, 0.1) is 12.1 Å². The number of carbonyl (C=O) groups is 2. The van der Waals surface area contributed by atoms with Crippen molar-refractivity contribution in [3.05, 3.63) is 12.2 Å². The van der Waals surface area contributed by atoms with Crippen LogP contribution in [0.2, 0.25) is 0 Å². The summed E-state index contributed by atoms with van der Waals surface area (Å²) in [6.45, 7) is 6.81. The predicted octanol–water partition coefficient (Wildman–Crippen LogP) is 1.20. The molecule has 0 saturated carbocycles. The average Bonchev–Trinajstić information content (AvgIpc) is 2.62. The molecule has 2 amide bonds. The Morgan fingerprint density at radius 2 is 1.70 bits per heavy atom. The van der Waals surface area contributed by atoms with Gasteiger partial charge < -0.3 is 24.7 Å². The topological polar surface area (TPSA) is 129 Å². The number of allylic oxidation sites excluding steroid dienone is 2. The summed E-state index contributed by atoms with van der Waals surface area (Å²) in [7, 11) is 1.83. The van der Waals surface area contributed by atoms with E-state index in [9.17, 15) is 14.2 Å². The first kappa shape index (κ1) is 28.7. The number of ether oxygens (including phenoxy) is 1. The highest BCUT2D eigenvalue weighted by atomic mass is 31.2. The molecule has 4 unspecified atom stereocenters. The van der Waals surface area contributed by atoms with Gasteiger partial charge in [-0.1, -0.05) is 32.9 Å². The van der Waals surface area contributed by atoms with Crippen molar-refractivity contribution in [2.45, 2.75) is 52.3 Å². The number of carbonyl (C=O) groups excluding carboxylic acids is 2. The van der Waals surface area contributed by atoms with E-state index >= 15 is 0 Å². The number of hydrogen-bond acceptors (Lipinski definition) is 6. The molecule has 0 bridgehead atoms. The van der Waals surface area contributed by atoms with E-state index in [1.165, 1.54) is 19.0 Å². The molecule has 176 valence electrons. The molecule has 0 heterocycles. The predicted molar refractivity (Wildman–Crippen MR) is 114 cm³/mol. The van der Waals surface area contributed by atoms with Gasteiger partial charge >= 0.3 is 7.82 Å². The van der Waals surface area contributed by atoms with Gasteiger partial charge in [-0.25, -0.2) is 4.57 Å². The number of phosphoric ester groups is 1. The number of phosphoric acid groups is 1. The van der Waals surface area contributed by atoms with Crippen LogP contribution in [-0.4, -0.2) is 84.6 Å². The number of amides is 2. The minimum absolute atomic E-state index is 0.00176. The smallest absolute Gasteiger partial charge is 0.357 e. The molecular formula is C19H38N3O7P. The molecule has 0 aliphatic carbocycles. The van der Waals surface area contributed by atoms with E-state index in [4.69, 9.17) is 14.5 Å². The van der Waals surface area contributed by atoms with Crippen molar-refractivity contribution in [2.24, 2.45) is 11.8 Å². The lowest BCUT2D eigenvalue weighted by atomic mass is 9.91. The van der Waals surface area contributed by atoms with E-state index in [1.54, 1.807) is 19.0 Å². The standard InChI is InChI=1S/C19H38N3O7P/c1-9-10-11-14(4)17(28-12-29-30(25,26)27)16(18(23)20-5)22(8)19(24)15(13(2)3)21(6)7/h9-10,13-17H,11-12H2,1-8H3,(H,20,23)(H2,25,26,27). The maximum absolute atomic E-state index is 13.2. The second-order valence-electron chi connectivity index (χ2n) is 7.81. The Balaban J connectivity index is 5.97. The van der Waals surface area contributed by atoms with Gasteiger partial charge in [-0.15, -0.1) is 0 Å². The Morgan fingerprint density at radius 1 is 1.13 bits per heavy atom. The summed E-state index contributed by atoms with van der Waals surface area (Å²) in [6.07, 6.45) is 3.42. The van der Waals surface area contributed by atoms with Crippen LogP contribution in [0.15, 0.2) is 12.2 Å². The molecule has 4 atom stereocenters. The summed E-state index contributed by atoms with van der Waals surface area (Å²) < 4.78 is 21.1. The molecule has 30 heavy (non-hydrogen) atoms. The molecule has 10 nitrogen and oxygen atoms in total. The summed E-state index contributed by atoms with van der Waals surface area (Å²) in [4.78, 5) is 47.1. The molecule has 0 aliphatic rings. The van der Waals surface area contributed by atoms with Crippen molar-refractivity contribution in [1.82, 2.24) is 15.1 Å². The second kappa shape index (κ2) is 13.2. The number of likely N-dealkylation sites (N-methyl/N-ethyl adjacent to an activating group) is 3. The van der Waals surface area contributed by atoms with Crippen molar-refractivity contribution >= 4 is 19.6 Å². The van der Waals surface area contributed by atoms with Crippen LogP contribution in [0.5, 0.6) is 0 Å². The Labute approximate surface area is 179 Å². The Morgan fingerprint density at radius 3 is 2.10 bits per heavy atom. The zero-order valence-corrected chi connectivity index (χ0v) is 20.1. The highest BCUT2D eigenvalue weighted by Gasteiger charge is 2.40. The monoisotopic (exact) mass is 451 g/mol. The molecule has 3 N–H and O–H groups in total. The lowest BCUT2D eigenvalue weighted by molar-refractivity contribution is -0.155. The Kier molecular flexibility index (Phi) is 12.6. The highest BCUT2D eigenvalue weighted by Crippen LogP contribution is 2.36. The first-order valence-corrected chi connectivity index (χ1v) is 11.4. The van der Waals surface area contributed by atoms with Crippen LogP contribution in [-0.2, 0) is 23.4 Å². The van der Waals surface area contributed by atoms with Crippen molar-refractivity contribution in [3.8, 4) is 0 Å². The first-order chi connectivity index (χ1) is 13.8. The molecule has 0 saturated heterocycles. The maximum Gasteiger partial charge on any atom is 0.471 e. The Bertz CT molecular complexity index is 613. The SMILES string of the molecule is CC=CCC(C)C(OCOP(=O)(O)O)C(C(=O)NC)N(C)C(=O)C(C(C)C)N(C)C. The van der Waals surface area contributed by atoms with Gasteiger partial charge in [0.25, 0.3) is 0 Å². The molecule has 0 aromatic rings. The van der Waals surface area contributed by atoms with E-state index in [0.29, 0.717) is 6.42 Å². The fourth-order valence-electron chi connectivity index (χ4n) is 3.37. The summed E-state index contributed by atoms with van der Waals surface area (Å²) >= 11 is 0. The number of nitrogens with zero attached hydrogens (tertiary/aromatic N) is 2. The maximum atomic E-state index is 13.2. The number of rotatable bonds is 13. The van der Waals surface area contributed by atoms with E-state index in [2.05, 4.69) is 9.84 Å². The Hall–Kier alpha value is -1.29. The molecule has 0 aliphatic heterocycles. The molecular weight excluding hydrogens is 413 g/mol. The zero-order chi connectivity index (χ0) is 23.6. The zero-order valence-electron chi connectivity index (χ0n) is 19.2. The van der Waals surface area contributed by atoms with Gasteiger partial charge in [0.1, 0.15) is 6.04 Å². The second-order valence-corrected chi connectivity index (χ2v) is 9.05. The largest absolute Gasteiger partial charge is 0.471 e. The van der Waals surface area contributed by atoms with Crippen molar-refractivity contribution in [1.29, 1.82) is 0 Å². The van der Waals surface area contributed by atoms with Gasteiger partial charge in [0, 0.05) is 14.1 Å². The molecule has 0 aromatic heterocycles. The first-order valence-electron chi connectivity index (χ1n) is 9.85. The van der Waals surface area contributed by atoms with Crippen molar-refractivity contribution < 1.29 is 33.2 Å². The molecule has 0 spiro atoms. The molecule has 11 heteroatoms. The third-order valence-electron chi connectivity index (χ3n) is 4.82. The summed E-state index contributed by atoms with van der Waals surface area (Å²) in [5.41, 5.74) is 0. The lowest BCUT2D eigenvalue weighted by Crippen LogP contribution is -2.59. The molecule has 0 radical (unpaired) electrons. The van der Waals surface area contributed by atoms with Gasteiger partial charge in [-0.05, 0) is 39.3 Å². The summed E-state index contributed by atoms with van der Waals surface area (Å²) in [5, 5.41) is 2.56. The lowest BCUT2D eigenvalue weighted by Gasteiger charge is -2.39. The van der Waals surface area contributed by atoms with Crippen LogP contribution in [0.1, 0.15) is 34.1 Å². The normalized spacial score (nSPS) is 16.5. The summed E-state index contributed by atoms with van der Waals surface area (Å²) in [5.74, 6) is -0.957. The molecule has 0 rings (SSSR count). The average molecular weight is 452 g/mol. The van der Waals surface area contributed by atoms with Gasteiger partial charge in [-0.3, -0.25) is 19.0 Å². The van der Waals surface area contributed by atoms with Gasteiger partial charge in [0.2, 0.25) is 11.8 Å². The van der Waals surface area contributed by atoms with Crippen molar-refractivity contribution in [2.75, 3.05) is 35.0 Å². The third kappa shape index (κ3) is 9.24.